The largest absolute Gasteiger partial charge is 0.340 e. The van der Waals surface area contributed by atoms with E-state index in [1.165, 1.54) is 9.13 Å². The number of anilines is 1. The van der Waals surface area contributed by atoms with E-state index in [0.717, 1.165) is 41.5 Å². The Morgan fingerprint density at radius 1 is 1.02 bits per heavy atom. The molecule has 0 aliphatic carbocycles. The SMILES string of the molecule is CC#CCn1c(N2CCCC(/N=C/C=C/c3ccccc3)C2)nc2c1c(=O)n(Cc1nc(C)c3ccccc3n1)c(=O)n2C. The van der Waals surface area contributed by atoms with Gasteiger partial charge in [-0.15, -0.1) is 5.92 Å². The highest BCUT2D eigenvalue weighted by atomic mass is 16.2. The van der Waals surface area contributed by atoms with Gasteiger partial charge in [0.15, 0.2) is 11.2 Å². The monoisotopic (exact) mass is 586 g/mol. The van der Waals surface area contributed by atoms with Crippen molar-refractivity contribution in [3.8, 4) is 11.8 Å². The highest BCUT2D eigenvalue weighted by Gasteiger charge is 2.27. The third kappa shape index (κ3) is 5.69. The molecule has 1 fully saturated rings. The van der Waals surface area contributed by atoms with Gasteiger partial charge in [0.05, 0.1) is 24.6 Å². The summed E-state index contributed by atoms with van der Waals surface area (Å²) in [6.45, 7) is 5.29. The van der Waals surface area contributed by atoms with Gasteiger partial charge in [0.1, 0.15) is 5.82 Å². The van der Waals surface area contributed by atoms with E-state index in [1.54, 1.807) is 14.0 Å². The van der Waals surface area contributed by atoms with Crippen LogP contribution < -0.4 is 16.1 Å². The molecule has 1 aliphatic heterocycles. The predicted octanol–water partition coefficient (Wildman–Crippen LogP) is 3.97. The third-order valence-electron chi connectivity index (χ3n) is 7.92. The number of nitrogens with zero attached hydrogens (tertiary/aromatic N) is 8. The minimum atomic E-state index is -0.471. The zero-order valence-corrected chi connectivity index (χ0v) is 25.1. The molecule has 3 aromatic heterocycles. The smallest absolute Gasteiger partial charge is 0.332 e. The molecule has 1 saturated heterocycles. The van der Waals surface area contributed by atoms with Crippen molar-refractivity contribution in [3.63, 3.8) is 0 Å². The molecule has 0 bridgehead atoms. The molecule has 222 valence electrons. The molecular weight excluding hydrogens is 552 g/mol. The van der Waals surface area contributed by atoms with Crippen LogP contribution in [0.5, 0.6) is 0 Å². The summed E-state index contributed by atoms with van der Waals surface area (Å²) in [7, 11) is 1.64. The van der Waals surface area contributed by atoms with Gasteiger partial charge in [-0.05, 0) is 44.4 Å². The van der Waals surface area contributed by atoms with E-state index in [2.05, 4.69) is 26.7 Å². The van der Waals surface area contributed by atoms with E-state index in [9.17, 15) is 9.59 Å². The lowest BCUT2D eigenvalue weighted by Gasteiger charge is -2.31. The van der Waals surface area contributed by atoms with E-state index in [-0.39, 0.29) is 19.1 Å². The zero-order valence-electron chi connectivity index (χ0n) is 25.1. The molecule has 0 saturated carbocycles. The van der Waals surface area contributed by atoms with Crippen LogP contribution in [0.2, 0.25) is 0 Å². The third-order valence-corrected chi connectivity index (χ3v) is 7.92. The maximum Gasteiger partial charge on any atom is 0.332 e. The van der Waals surface area contributed by atoms with Crippen LogP contribution in [-0.2, 0) is 20.1 Å². The van der Waals surface area contributed by atoms with E-state index in [4.69, 9.17) is 9.98 Å². The minimum absolute atomic E-state index is 0.0515. The van der Waals surface area contributed by atoms with Gasteiger partial charge in [-0.25, -0.2) is 14.8 Å². The number of para-hydroxylation sites is 1. The molecule has 2 aromatic carbocycles. The Labute approximate surface area is 255 Å². The van der Waals surface area contributed by atoms with E-state index in [1.807, 2.05) is 84.5 Å². The van der Waals surface area contributed by atoms with Crippen LogP contribution in [0.4, 0.5) is 5.95 Å². The molecule has 5 aromatic rings. The quantitative estimate of drug-likeness (QED) is 0.211. The Kier molecular flexibility index (Phi) is 8.19. The summed E-state index contributed by atoms with van der Waals surface area (Å²) < 4.78 is 4.45. The van der Waals surface area contributed by atoms with Crippen molar-refractivity contribution < 1.29 is 0 Å². The number of aryl methyl sites for hydroxylation is 2. The lowest BCUT2D eigenvalue weighted by atomic mass is 10.1. The first-order valence-corrected chi connectivity index (χ1v) is 14.8. The number of imidazole rings is 1. The second-order valence-electron chi connectivity index (χ2n) is 10.9. The summed E-state index contributed by atoms with van der Waals surface area (Å²) >= 11 is 0. The first-order valence-electron chi connectivity index (χ1n) is 14.8. The molecule has 44 heavy (non-hydrogen) atoms. The van der Waals surface area contributed by atoms with Gasteiger partial charge in [-0.2, -0.15) is 4.98 Å². The number of hydrogen-bond donors (Lipinski definition) is 0. The molecule has 6 rings (SSSR count). The van der Waals surface area contributed by atoms with Crippen molar-refractivity contribution in [1.82, 2.24) is 28.7 Å². The summed E-state index contributed by atoms with van der Waals surface area (Å²) in [5, 5.41) is 0.934. The first-order chi connectivity index (χ1) is 21.4. The molecule has 0 spiro atoms. The van der Waals surface area contributed by atoms with Gasteiger partial charge < -0.3 is 4.90 Å². The summed E-state index contributed by atoms with van der Waals surface area (Å²) in [4.78, 5) is 48.6. The standard InChI is InChI=1S/C34H34N8O2/c1-4-5-21-41-30-31(38-33(41)40-20-12-16-26(22-40)35-19-11-15-25-13-7-6-8-14-25)39(3)34(44)42(32(30)43)23-29-36-24(2)27-17-9-10-18-28(27)37-29/h6-11,13-15,17-19,26H,12,16,20-23H2,1-3H3/b15-11+,35-19+. The first kappa shape index (κ1) is 28.8. The van der Waals surface area contributed by atoms with Gasteiger partial charge >= 0.3 is 5.69 Å². The Morgan fingerprint density at radius 3 is 2.64 bits per heavy atom. The Hall–Kier alpha value is -5.30. The fraction of sp³-hybridized carbons (Fsp3) is 0.294. The number of aromatic nitrogens is 6. The number of rotatable bonds is 7. The van der Waals surface area contributed by atoms with Gasteiger partial charge in [0.25, 0.3) is 5.56 Å². The van der Waals surface area contributed by atoms with Crippen LogP contribution in [0.25, 0.3) is 28.1 Å². The molecule has 10 heteroatoms. The van der Waals surface area contributed by atoms with Crippen LogP contribution >= 0.6 is 0 Å². The van der Waals surface area contributed by atoms with Crippen molar-refractivity contribution in [2.75, 3.05) is 18.0 Å². The number of allylic oxidation sites excluding steroid dienone is 1. The van der Waals surface area contributed by atoms with E-state index < -0.39 is 11.2 Å². The highest BCUT2D eigenvalue weighted by molar-refractivity contribution is 5.80. The molecule has 1 aliphatic rings. The topological polar surface area (TPSA) is 103 Å². The Bertz CT molecular complexity index is 2080. The molecule has 1 atom stereocenters. The normalized spacial score (nSPS) is 15.4. The average molecular weight is 587 g/mol. The van der Waals surface area contributed by atoms with Gasteiger partial charge in [-0.3, -0.25) is 23.5 Å². The fourth-order valence-corrected chi connectivity index (χ4v) is 5.70. The molecule has 4 heterocycles. The Morgan fingerprint density at radius 2 is 1.82 bits per heavy atom. The number of fused-ring (bicyclic) bond motifs is 2. The summed E-state index contributed by atoms with van der Waals surface area (Å²) in [5.41, 5.74) is 2.43. The van der Waals surface area contributed by atoms with Gasteiger partial charge in [-0.1, -0.05) is 60.5 Å². The molecule has 1 unspecified atom stereocenters. The lowest BCUT2D eigenvalue weighted by molar-refractivity contribution is 0.499. The van der Waals surface area contributed by atoms with Crippen molar-refractivity contribution in [2.24, 2.45) is 12.0 Å². The van der Waals surface area contributed by atoms with Crippen molar-refractivity contribution >= 4 is 40.3 Å². The van der Waals surface area contributed by atoms with Crippen molar-refractivity contribution in [2.45, 2.75) is 45.8 Å². The van der Waals surface area contributed by atoms with Crippen LogP contribution in [0.1, 0.15) is 36.8 Å². The maximum atomic E-state index is 14.0. The fourth-order valence-electron chi connectivity index (χ4n) is 5.70. The number of benzene rings is 2. The van der Waals surface area contributed by atoms with E-state index in [0.29, 0.717) is 29.5 Å². The minimum Gasteiger partial charge on any atom is -0.340 e. The Balaban J connectivity index is 1.35. The number of aliphatic imine (C=N–C) groups is 1. The molecule has 0 amide bonds. The number of piperidine rings is 1. The predicted molar refractivity (Wildman–Crippen MR) is 175 cm³/mol. The van der Waals surface area contributed by atoms with Crippen LogP contribution in [-0.4, -0.2) is 54.0 Å². The summed E-state index contributed by atoms with van der Waals surface area (Å²) in [6.07, 6.45) is 7.72. The zero-order chi connectivity index (χ0) is 30.6. The summed E-state index contributed by atoms with van der Waals surface area (Å²) in [6, 6.07) is 17.9. The van der Waals surface area contributed by atoms with Crippen LogP contribution in [0.15, 0.2) is 75.3 Å². The second-order valence-corrected chi connectivity index (χ2v) is 10.9. The molecule has 0 radical (unpaired) electrons. The molecule has 0 N–H and O–H groups in total. The molecule has 10 nitrogen and oxygen atoms in total. The maximum absolute atomic E-state index is 14.0. The van der Waals surface area contributed by atoms with Crippen LogP contribution in [0, 0.1) is 18.8 Å². The van der Waals surface area contributed by atoms with Gasteiger partial charge in [0.2, 0.25) is 5.95 Å². The van der Waals surface area contributed by atoms with Crippen molar-refractivity contribution in [1.29, 1.82) is 0 Å². The highest BCUT2D eigenvalue weighted by Crippen LogP contribution is 2.24. The summed E-state index contributed by atoms with van der Waals surface area (Å²) in [5.74, 6) is 7.05. The van der Waals surface area contributed by atoms with Gasteiger partial charge in [0, 0.05) is 37.4 Å². The molecular formula is C34H34N8O2. The van der Waals surface area contributed by atoms with Crippen molar-refractivity contribution in [3.05, 3.63) is 98.6 Å². The number of hydrogen-bond acceptors (Lipinski definition) is 7. The van der Waals surface area contributed by atoms with E-state index >= 15 is 0 Å². The van der Waals surface area contributed by atoms with Crippen LogP contribution in [0.3, 0.4) is 0 Å². The lowest BCUT2D eigenvalue weighted by Crippen LogP contribution is -2.40. The average Bonchev–Trinajstić information content (AvgIpc) is 3.43. The second kappa shape index (κ2) is 12.5.